The summed E-state index contributed by atoms with van der Waals surface area (Å²) < 4.78 is 15.9. The summed E-state index contributed by atoms with van der Waals surface area (Å²) in [6.07, 6.45) is 3.77. The fourth-order valence-electron chi connectivity index (χ4n) is 3.72. The van der Waals surface area contributed by atoms with Crippen LogP contribution in [0.15, 0.2) is 18.2 Å². The van der Waals surface area contributed by atoms with Gasteiger partial charge < -0.3 is 16.0 Å². The van der Waals surface area contributed by atoms with Crippen LogP contribution in [0.1, 0.15) is 44.2 Å². The molecule has 152 valence electrons. The minimum Gasteiger partial charge on any atom is -0.341 e. The summed E-state index contributed by atoms with van der Waals surface area (Å²) in [4.78, 5) is 11.7. The standard InChI is InChI=1S/C20H23FIN7/c1-20(23)6-8-29(9-7-20)19-24-14-5-4-12(22)10-13(14)17(26-19)25-18-15(21)16(27-28-18)11-2-3-11/h4-5,10-11H,2-3,6-9,23H2,1H3,(H2,24,25,26,27,28). The lowest BCUT2D eigenvalue weighted by atomic mass is 9.91. The second-order valence-corrected chi connectivity index (χ2v) is 9.62. The molecular formula is C20H23FIN7. The highest BCUT2D eigenvalue weighted by atomic mass is 127. The van der Waals surface area contributed by atoms with Gasteiger partial charge in [-0.15, -0.1) is 0 Å². The molecule has 1 saturated carbocycles. The lowest BCUT2D eigenvalue weighted by Gasteiger charge is -2.36. The number of hydrogen-bond acceptors (Lipinski definition) is 6. The first-order valence-corrected chi connectivity index (χ1v) is 11.0. The Bertz CT molecular complexity index is 1070. The van der Waals surface area contributed by atoms with Crippen LogP contribution in [0, 0.1) is 9.39 Å². The Labute approximate surface area is 181 Å². The minimum atomic E-state index is -0.316. The van der Waals surface area contributed by atoms with E-state index in [1.807, 2.05) is 18.2 Å². The summed E-state index contributed by atoms with van der Waals surface area (Å²) in [6, 6.07) is 5.99. The zero-order valence-corrected chi connectivity index (χ0v) is 18.3. The smallest absolute Gasteiger partial charge is 0.227 e. The van der Waals surface area contributed by atoms with E-state index >= 15 is 0 Å². The Balaban J connectivity index is 1.53. The van der Waals surface area contributed by atoms with Crippen molar-refractivity contribution >= 4 is 51.1 Å². The van der Waals surface area contributed by atoms with Crippen molar-refractivity contribution in [1.82, 2.24) is 20.2 Å². The van der Waals surface area contributed by atoms with Crippen molar-refractivity contribution in [3.05, 3.63) is 33.3 Å². The maximum absolute atomic E-state index is 14.8. The lowest BCUT2D eigenvalue weighted by molar-refractivity contribution is 0.362. The number of halogens is 2. The van der Waals surface area contributed by atoms with Crippen LogP contribution in [0.3, 0.4) is 0 Å². The van der Waals surface area contributed by atoms with Crippen molar-refractivity contribution < 1.29 is 4.39 Å². The molecule has 4 N–H and O–H groups in total. The van der Waals surface area contributed by atoms with Crippen molar-refractivity contribution in [2.24, 2.45) is 5.73 Å². The highest BCUT2D eigenvalue weighted by Crippen LogP contribution is 2.41. The predicted molar refractivity (Wildman–Crippen MR) is 120 cm³/mol. The van der Waals surface area contributed by atoms with Crippen LogP contribution in [0.5, 0.6) is 0 Å². The molecule has 1 aromatic carbocycles. The van der Waals surface area contributed by atoms with Gasteiger partial charge in [-0.25, -0.2) is 9.37 Å². The van der Waals surface area contributed by atoms with Gasteiger partial charge >= 0.3 is 0 Å². The number of anilines is 3. The summed E-state index contributed by atoms with van der Waals surface area (Å²) in [5.74, 6) is 1.33. The molecule has 2 fully saturated rings. The van der Waals surface area contributed by atoms with Crippen LogP contribution < -0.4 is 16.0 Å². The van der Waals surface area contributed by atoms with Gasteiger partial charge in [0.25, 0.3) is 0 Å². The van der Waals surface area contributed by atoms with Crippen molar-refractivity contribution in [1.29, 1.82) is 0 Å². The second kappa shape index (κ2) is 7.05. The molecule has 3 heterocycles. The van der Waals surface area contributed by atoms with E-state index in [0.29, 0.717) is 17.5 Å². The van der Waals surface area contributed by atoms with Crippen LogP contribution in [0.2, 0.25) is 0 Å². The maximum Gasteiger partial charge on any atom is 0.227 e. The fourth-order valence-corrected chi connectivity index (χ4v) is 4.21. The summed E-state index contributed by atoms with van der Waals surface area (Å²) in [6.45, 7) is 3.67. The van der Waals surface area contributed by atoms with Crippen molar-refractivity contribution in [2.45, 2.75) is 44.1 Å². The van der Waals surface area contributed by atoms with E-state index < -0.39 is 0 Å². The average Bonchev–Trinajstić information content (AvgIpc) is 3.46. The van der Waals surface area contributed by atoms with Gasteiger partial charge in [-0.1, -0.05) is 0 Å². The van der Waals surface area contributed by atoms with Gasteiger partial charge in [-0.05, 0) is 73.4 Å². The molecule has 2 aliphatic rings. The van der Waals surface area contributed by atoms with E-state index in [1.54, 1.807) is 0 Å². The van der Waals surface area contributed by atoms with Crippen molar-refractivity contribution in [2.75, 3.05) is 23.3 Å². The topological polar surface area (TPSA) is 95.7 Å². The molecule has 0 atom stereocenters. The van der Waals surface area contributed by atoms with Gasteiger partial charge in [0.05, 0.1) is 11.2 Å². The molecule has 0 unspecified atom stereocenters. The molecule has 0 radical (unpaired) electrons. The number of piperidine rings is 1. The van der Waals surface area contributed by atoms with E-state index in [0.717, 1.165) is 53.2 Å². The van der Waals surface area contributed by atoms with Gasteiger partial charge in [0.15, 0.2) is 11.6 Å². The van der Waals surface area contributed by atoms with Gasteiger partial charge in [0.1, 0.15) is 5.82 Å². The molecule has 0 spiro atoms. The third-order valence-corrected chi connectivity index (χ3v) is 6.46. The highest BCUT2D eigenvalue weighted by molar-refractivity contribution is 14.1. The normalized spacial score (nSPS) is 19.0. The number of benzene rings is 1. The third-order valence-electron chi connectivity index (χ3n) is 5.79. The summed E-state index contributed by atoms with van der Waals surface area (Å²) in [7, 11) is 0. The number of hydrogen-bond donors (Lipinski definition) is 3. The highest BCUT2D eigenvalue weighted by Gasteiger charge is 2.31. The first-order valence-electron chi connectivity index (χ1n) is 9.91. The zero-order valence-electron chi connectivity index (χ0n) is 16.2. The molecule has 7 nitrogen and oxygen atoms in total. The van der Waals surface area contributed by atoms with E-state index in [9.17, 15) is 4.39 Å². The quantitative estimate of drug-likeness (QED) is 0.462. The van der Waals surface area contributed by atoms with Crippen LogP contribution in [-0.2, 0) is 0 Å². The molecule has 1 aliphatic carbocycles. The van der Waals surface area contributed by atoms with E-state index in [-0.39, 0.29) is 23.1 Å². The van der Waals surface area contributed by atoms with Crippen molar-refractivity contribution in [3.63, 3.8) is 0 Å². The Kier molecular flexibility index (Phi) is 4.61. The molecule has 3 aromatic rings. The van der Waals surface area contributed by atoms with Gasteiger partial charge in [0, 0.05) is 33.5 Å². The Morgan fingerprint density at radius 3 is 2.72 bits per heavy atom. The predicted octanol–water partition coefficient (Wildman–Crippen LogP) is 4.04. The monoisotopic (exact) mass is 507 g/mol. The number of fused-ring (bicyclic) bond motifs is 1. The first-order chi connectivity index (χ1) is 13.9. The van der Waals surface area contributed by atoms with Gasteiger partial charge in [0.2, 0.25) is 5.95 Å². The molecule has 5 rings (SSSR count). The van der Waals surface area contributed by atoms with Gasteiger partial charge in [-0.3, -0.25) is 5.10 Å². The Morgan fingerprint density at radius 1 is 1.24 bits per heavy atom. The van der Waals surface area contributed by atoms with E-state index in [4.69, 9.17) is 15.7 Å². The number of aromatic nitrogens is 4. The number of H-pyrrole nitrogens is 1. The Morgan fingerprint density at radius 2 is 2.00 bits per heavy atom. The molecule has 0 amide bonds. The molecular weight excluding hydrogens is 484 g/mol. The summed E-state index contributed by atoms with van der Waals surface area (Å²) in [5, 5.41) is 11.0. The molecule has 1 aliphatic heterocycles. The van der Waals surface area contributed by atoms with Crippen LogP contribution >= 0.6 is 22.6 Å². The number of nitrogens with one attached hydrogen (secondary N) is 2. The molecule has 2 aromatic heterocycles. The van der Waals surface area contributed by atoms with E-state index in [2.05, 4.69) is 49.9 Å². The number of rotatable bonds is 4. The zero-order chi connectivity index (χ0) is 20.2. The average molecular weight is 507 g/mol. The SMILES string of the molecule is CC1(N)CCN(c2nc(Nc3n[nH]c(C4CC4)c3F)c3cc(I)ccc3n2)CC1. The molecule has 0 bridgehead atoms. The van der Waals surface area contributed by atoms with E-state index in [1.165, 1.54) is 0 Å². The maximum atomic E-state index is 14.8. The number of nitrogens with two attached hydrogens (primary N) is 1. The van der Waals surface area contributed by atoms with Crippen LogP contribution in [-0.4, -0.2) is 38.8 Å². The number of nitrogens with zero attached hydrogens (tertiary/aromatic N) is 4. The lowest BCUT2D eigenvalue weighted by Crippen LogP contribution is -2.48. The fraction of sp³-hybridized carbons (Fsp3) is 0.450. The largest absolute Gasteiger partial charge is 0.341 e. The molecule has 1 saturated heterocycles. The number of aromatic amines is 1. The van der Waals surface area contributed by atoms with Crippen LogP contribution in [0.4, 0.5) is 22.0 Å². The first kappa shape index (κ1) is 19.0. The van der Waals surface area contributed by atoms with Crippen LogP contribution in [0.25, 0.3) is 10.9 Å². The summed E-state index contributed by atoms with van der Waals surface area (Å²) in [5.41, 5.74) is 7.52. The minimum absolute atomic E-state index is 0.151. The van der Waals surface area contributed by atoms with Gasteiger partial charge in [-0.2, -0.15) is 10.1 Å². The van der Waals surface area contributed by atoms with Crippen molar-refractivity contribution in [3.8, 4) is 0 Å². The second-order valence-electron chi connectivity index (χ2n) is 8.37. The third kappa shape index (κ3) is 3.77. The molecule has 29 heavy (non-hydrogen) atoms. The summed E-state index contributed by atoms with van der Waals surface area (Å²) >= 11 is 2.26. The molecule has 9 heteroatoms. The Hall–Kier alpha value is -2.01.